The van der Waals surface area contributed by atoms with E-state index < -0.39 is 5.91 Å². The molecule has 0 aromatic carbocycles. The number of aliphatic imine (C=N–C) groups is 1. The zero-order chi connectivity index (χ0) is 7.98. The average molecular weight is 138 g/mol. The normalized spacial score (nSPS) is 9.70. The van der Waals surface area contributed by atoms with Gasteiger partial charge in [-0.3, -0.25) is 10.1 Å². The number of hydrogen-bond donors (Lipinski definition) is 2. The monoisotopic (exact) mass is 138 g/mol. The number of nitrogens with one attached hydrogen (secondary N) is 1. The first-order valence-electron chi connectivity index (χ1n) is 2.36. The molecule has 0 spiro atoms. The van der Waals surface area contributed by atoms with Crippen LogP contribution in [0.2, 0.25) is 0 Å². The number of rotatable bonds is 1. The van der Waals surface area contributed by atoms with Crippen molar-refractivity contribution in [2.24, 2.45) is 10.7 Å². The minimum absolute atomic E-state index is 0.229. The van der Waals surface area contributed by atoms with Crippen molar-refractivity contribution in [3.63, 3.8) is 0 Å². The Bertz CT molecular complexity index is 212. The van der Waals surface area contributed by atoms with E-state index in [0.717, 1.165) is 6.08 Å². The lowest BCUT2D eigenvalue weighted by Crippen LogP contribution is -2.35. The molecule has 0 aromatic heterocycles. The molecule has 0 saturated carbocycles. The van der Waals surface area contributed by atoms with Crippen molar-refractivity contribution < 1.29 is 4.79 Å². The van der Waals surface area contributed by atoms with Crippen LogP contribution in [0.1, 0.15) is 0 Å². The van der Waals surface area contributed by atoms with Gasteiger partial charge in [-0.25, -0.2) is 0 Å². The molecule has 5 heteroatoms. The van der Waals surface area contributed by atoms with Crippen LogP contribution in [0, 0.1) is 11.5 Å². The van der Waals surface area contributed by atoms with E-state index in [1.165, 1.54) is 6.19 Å². The van der Waals surface area contributed by atoms with Crippen LogP contribution in [-0.4, -0.2) is 11.9 Å². The summed E-state index contributed by atoms with van der Waals surface area (Å²) in [6, 6.07) is 0. The summed E-state index contributed by atoms with van der Waals surface area (Å²) in [5.41, 5.74) is 5.01. The number of nitrogens with two attached hydrogens (primary N) is 1. The Morgan fingerprint density at radius 1 is 1.90 bits per heavy atom. The van der Waals surface area contributed by atoms with Gasteiger partial charge in [-0.2, -0.15) is 5.26 Å². The van der Waals surface area contributed by atoms with Crippen LogP contribution in [0.15, 0.2) is 17.6 Å². The molecule has 52 valence electrons. The summed E-state index contributed by atoms with van der Waals surface area (Å²) in [6.45, 7) is 3.17. The Hall–Kier alpha value is -1.83. The van der Waals surface area contributed by atoms with E-state index in [9.17, 15) is 4.79 Å². The molecule has 0 radical (unpaired) electrons. The molecule has 0 atom stereocenters. The predicted octanol–water partition coefficient (Wildman–Crippen LogP) is -0.916. The number of guanidine groups is 1. The molecule has 0 bridgehead atoms. The van der Waals surface area contributed by atoms with Crippen molar-refractivity contribution in [1.29, 1.82) is 5.26 Å². The minimum atomic E-state index is -0.489. The van der Waals surface area contributed by atoms with Gasteiger partial charge in [0.05, 0.1) is 0 Å². The molecular weight excluding hydrogens is 132 g/mol. The minimum Gasteiger partial charge on any atom is -0.369 e. The molecule has 0 rings (SSSR count). The molecule has 0 aromatic rings. The third-order valence-electron chi connectivity index (χ3n) is 0.607. The van der Waals surface area contributed by atoms with Crippen LogP contribution in [0.4, 0.5) is 0 Å². The number of amides is 1. The highest BCUT2D eigenvalue weighted by atomic mass is 16.1. The standard InChI is InChI=1S/C5H6N4O/c1-2-4(10)9-5(7)8-3-6/h2H,1H2,(H3,7,8,9,10). The van der Waals surface area contributed by atoms with Crippen molar-refractivity contribution >= 4 is 11.9 Å². The highest BCUT2D eigenvalue weighted by molar-refractivity contribution is 6.01. The van der Waals surface area contributed by atoms with E-state index in [2.05, 4.69) is 16.9 Å². The first kappa shape index (κ1) is 8.17. The third kappa shape index (κ3) is 3.21. The lowest BCUT2D eigenvalue weighted by Gasteiger charge is -1.94. The van der Waals surface area contributed by atoms with Gasteiger partial charge in [0.25, 0.3) is 0 Å². The Morgan fingerprint density at radius 2 is 2.50 bits per heavy atom. The number of carbonyl (C=O) groups is 1. The van der Waals surface area contributed by atoms with Gasteiger partial charge in [-0.05, 0) is 6.08 Å². The van der Waals surface area contributed by atoms with Crippen molar-refractivity contribution in [2.75, 3.05) is 0 Å². The summed E-state index contributed by atoms with van der Waals surface area (Å²) >= 11 is 0. The lowest BCUT2D eigenvalue weighted by molar-refractivity contribution is -0.115. The topological polar surface area (TPSA) is 91.3 Å². The number of nitriles is 1. The molecule has 1 amide bonds. The second kappa shape index (κ2) is 4.09. The zero-order valence-electron chi connectivity index (χ0n) is 5.16. The Kier molecular flexibility index (Phi) is 3.34. The van der Waals surface area contributed by atoms with Gasteiger partial charge in [0, 0.05) is 0 Å². The van der Waals surface area contributed by atoms with Crippen LogP contribution in [0.25, 0.3) is 0 Å². The molecule has 0 aliphatic rings. The predicted molar refractivity (Wildman–Crippen MR) is 35.6 cm³/mol. The van der Waals surface area contributed by atoms with Gasteiger partial charge < -0.3 is 5.73 Å². The molecule has 10 heavy (non-hydrogen) atoms. The quantitative estimate of drug-likeness (QED) is 0.212. The van der Waals surface area contributed by atoms with E-state index in [0.29, 0.717) is 0 Å². The summed E-state index contributed by atoms with van der Waals surface area (Å²) in [4.78, 5) is 13.4. The van der Waals surface area contributed by atoms with Crippen molar-refractivity contribution in [1.82, 2.24) is 5.32 Å². The molecule has 0 aliphatic carbocycles. The highest BCUT2D eigenvalue weighted by Crippen LogP contribution is 1.66. The van der Waals surface area contributed by atoms with E-state index in [4.69, 9.17) is 11.0 Å². The molecule has 0 heterocycles. The number of carbonyl (C=O) groups excluding carboxylic acids is 1. The zero-order valence-corrected chi connectivity index (χ0v) is 5.16. The molecule has 0 aliphatic heterocycles. The van der Waals surface area contributed by atoms with Crippen LogP contribution in [0.3, 0.4) is 0 Å². The Morgan fingerprint density at radius 3 is 2.90 bits per heavy atom. The van der Waals surface area contributed by atoms with E-state index in [1.54, 1.807) is 0 Å². The fourth-order valence-corrected chi connectivity index (χ4v) is 0.259. The molecule has 0 fully saturated rings. The maximum Gasteiger partial charge on any atom is 0.250 e. The highest BCUT2D eigenvalue weighted by Gasteiger charge is 1.94. The molecular formula is C5H6N4O. The smallest absolute Gasteiger partial charge is 0.250 e. The summed E-state index contributed by atoms with van der Waals surface area (Å²) in [7, 11) is 0. The van der Waals surface area contributed by atoms with Gasteiger partial charge in [0.1, 0.15) is 0 Å². The maximum atomic E-state index is 10.4. The molecule has 3 N–H and O–H groups in total. The van der Waals surface area contributed by atoms with Crippen LogP contribution < -0.4 is 11.1 Å². The van der Waals surface area contributed by atoms with Crippen molar-refractivity contribution in [2.45, 2.75) is 0 Å². The molecule has 5 nitrogen and oxygen atoms in total. The molecule has 0 unspecified atom stereocenters. The van der Waals surface area contributed by atoms with E-state index >= 15 is 0 Å². The summed E-state index contributed by atoms with van der Waals surface area (Å²) in [5.74, 6) is -0.719. The lowest BCUT2D eigenvalue weighted by atomic mass is 10.6. The second-order valence-corrected chi connectivity index (χ2v) is 1.29. The Labute approximate surface area is 57.8 Å². The van der Waals surface area contributed by atoms with Crippen LogP contribution in [0.5, 0.6) is 0 Å². The van der Waals surface area contributed by atoms with E-state index in [1.807, 2.05) is 0 Å². The first-order valence-corrected chi connectivity index (χ1v) is 2.36. The summed E-state index contributed by atoms with van der Waals surface area (Å²) in [5, 5.41) is 10.0. The largest absolute Gasteiger partial charge is 0.369 e. The average Bonchev–Trinajstić information content (AvgIpc) is 1.88. The molecule has 0 saturated heterocycles. The SMILES string of the molecule is C=CC(=O)NC(N)=NC#N. The number of hydrogen-bond acceptors (Lipinski definition) is 3. The van der Waals surface area contributed by atoms with Gasteiger partial charge in [0.15, 0.2) is 0 Å². The maximum absolute atomic E-state index is 10.4. The van der Waals surface area contributed by atoms with Gasteiger partial charge >= 0.3 is 0 Å². The Balaban J connectivity index is 3.93. The fraction of sp³-hybridized carbons (Fsp3) is 0. The van der Waals surface area contributed by atoms with Crippen molar-refractivity contribution in [3.05, 3.63) is 12.7 Å². The third-order valence-corrected chi connectivity index (χ3v) is 0.607. The number of nitrogens with zero attached hydrogens (tertiary/aromatic N) is 2. The van der Waals surface area contributed by atoms with E-state index in [-0.39, 0.29) is 5.96 Å². The van der Waals surface area contributed by atoms with Crippen LogP contribution in [-0.2, 0) is 4.79 Å². The first-order chi connectivity index (χ1) is 4.70. The van der Waals surface area contributed by atoms with Gasteiger partial charge in [0.2, 0.25) is 18.1 Å². The second-order valence-electron chi connectivity index (χ2n) is 1.29. The summed E-state index contributed by atoms with van der Waals surface area (Å²) < 4.78 is 0. The van der Waals surface area contributed by atoms with Gasteiger partial charge in [-0.15, -0.1) is 4.99 Å². The van der Waals surface area contributed by atoms with Crippen molar-refractivity contribution in [3.8, 4) is 6.19 Å². The summed E-state index contributed by atoms with van der Waals surface area (Å²) in [6.07, 6.45) is 2.44. The fourth-order valence-electron chi connectivity index (χ4n) is 0.259. The van der Waals surface area contributed by atoms with Gasteiger partial charge in [-0.1, -0.05) is 6.58 Å². The van der Waals surface area contributed by atoms with Crippen LogP contribution >= 0.6 is 0 Å².